The second-order valence-electron chi connectivity index (χ2n) is 8.18. The summed E-state index contributed by atoms with van der Waals surface area (Å²) in [6.45, 7) is 4.25. The number of rotatable bonds is 7. The number of aromatic nitrogens is 3. The van der Waals surface area contributed by atoms with E-state index in [1.807, 2.05) is 12.1 Å². The first-order chi connectivity index (χ1) is 17.1. The van der Waals surface area contributed by atoms with Crippen LogP contribution in [0.25, 0.3) is 33.4 Å². The number of benzene rings is 2. The Morgan fingerprint density at radius 2 is 1.91 bits per heavy atom. The largest absolute Gasteiger partial charge is 0.490 e. The number of morpholine rings is 1. The maximum absolute atomic E-state index is 14.7. The Bertz CT molecular complexity index is 1330. The smallest absolute Gasteiger partial charge is 0.163 e. The average Bonchev–Trinajstić information content (AvgIpc) is 2.89. The van der Waals surface area contributed by atoms with Gasteiger partial charge in [-0.3, -0.25) is 9.88 Å². The number of anilines is 1. The first-order valence-corrected chi connectivity index (χ1v) is 11.4. The van der Waals surface area contributed by atoms with Crippen molar-refractivity contribution in [2.75, 3.05) is 51.8 Å². The molecule has 0 amide bonds. The van der Waals surface area contributed by atoms with Crippen molar-refractivity contribution in [3.05, 3.63) is 66.5 Å². The highest BCUT2D eigenvalue weighted by atomic mass is 19.1. The average molecular weight is 478 g/mol. The Morgan fingerprint density at radius 3 is 2.66 bits per heavy atom. The van der Waals surface area contributed by atoms with E-state index in [9.17, 15) is 8.78 Å². The molecule has 3 heterocycles. The topological polar surface area (TPSA) is 72.4 Å². The molecule has 4 aromatic rings. The second-order valence-corrected chi connectivity index (χ2v) is 8.18. The highest BCUT2D eigenvalue weighted by Crippen LogP contribution is 2.36. The highest BCUT2D eigenvalue weighted by molar-refractivity contribution is 5.97. The summed E-state index contributed by atoms with van der Waals surface area (Å²) >= 11 is 0. The third-order valence-corrected chi connectivity index (χ3v) is 5.93. The number of hydrogen-bond acceptors (Lipinski definition) is 7. The van der Waals surface area contributed by atoms with E-state index in [1.54, 1.807) is 31.6 Å². The quantitative estimate of drug-likeness (QED) is 0.423. The summed E-state index contributed by atoms with van der Waals surface area (Å²) in [6.07, 6.45) is 3.38. The number of fused-ring (bicyclic) bond motifs is 1. The SMILES string of the molecule is CNc1nc(-c2cccnc2)nc2c(OCCN3CCOCC3)cc(-c3ccc(F)cc3F)cc12. The van der Waals surface area contributed by atoms with Crippen LogP contribution in [0.15, 0.2) is 54.9 Å². The number of hydrogen-bond donors (Lipinski definition) is 1. The zero-order valence-corrected chi connectivity index (χ0v) is 19.3. The molecule has 0 spiro atoms. The van der Waals surface area contributed by atoms with E-state index in [4.69, 9.17) is 14.5 Å². The zero-order chi connectivity index (χ0) is 24.2. The molecule has 0 bridgehead atoms. The van der Waals surface area contributed by atoms with E-state index < -0.39 is 11.6 Å². The molecule has 9 heteroatoms. The summed E-state index contributed by atoms with van der Waals surface area (Å²) < 4.78 is 39.9. The molecule has 2 aromatic carbocycles. The van der Waals surface area contributed by atoms with Crippen LogP contribution in [0.5, 0.6) is 5.75 Å². The fourth-order valence-corrected chi connectivity index (χ4v) is 4.11. The molecule has 180 valence electrons. The van der Waals surface area contributed by atoms with E-state index in [-0.39, 0.29) is 5.56 Å². The van der Waals surface area contributed by atoms with Crippen LogP contribution in [0.3, 0.4) is 0 Å². The molecule has 0 atom stereocenters. The molecule has 1 aliphatic heterocycles. The molecule has 1 saturated heterocycles. The van der Waals surface area contributed by atoms with E-state index in [0.717, 1.165) is 31.3 Å². The maximum atomic E-state index is 14.7. The van der Waals surface area contributed by atoms with Crippen molar-refractivity contribution >= 4 is 16.7 Å². The molecular weight excluding hydrogens is 452 g/mol. The van der Waals surface area contributed by atoms with Gasteiger partial charge in [-0.05, 0) is 42.0 Å². The van der Waals surface area contributed by atoms with Gasteiger partial charge < -0.3 is 14.8 Å². The van der Waals surface area contributed by atoms with Crippen LogP contribution in [-0.4, -0.2) is 66.4 Å². The normalized spacial score (nSPS) is 14.3. The van der Waals surface area contributed by atoms with Crippen LogP contribution >= 0.6 is 0 Å². The van der Waals surface area contributed by atoms with Gasteiger partial charge in [-0.15, -0.1) is 0 Å². The van der Waals surface area contributed by atoms with Crippen LogP contribution in [0, 0.1) is 11.6 Å². The Hall–Kier alpha value is -3.69. The predicted octanol–water partition coefficient (Wildman–Crippen LogP) is 4.39. The minimum atomic E-state index is -0.650. The lowest BCUT2D eigenvalue weighted by molar-refractivity contribution is 0.0323. The Balaban J connectivity index is 1.60. The molecule has 0 unspecified atom stereocenters. The standard InChI is InChI=1S/C26H25F2N5O2/c1-29-26-21-13-18(20-5-4-19(27)15-22(20)28)14-23(35-12-9-33-7-10-34-11-8-33)24(21)31-25(32-26)17-3-2-6-30-16-17/h2-6,13-16H,7-12H2,1H3,(H,29,31,32). The predicted molar refractivity (Wildman–Crippen MR) is 130 cm³/mol. The summed E-state index contributed by atoms with van der Waals surface area (Å²) in [5.74, 6) is 0.278. The lowest BCUT2D eigenvalue weighted by Crippen LogP contribution is -2.38. The van der Waals surface area contributed by atoms with Crippen molar-refractivity contribution in [3.8, 4) is 28.3 Å². The number of ether oxygens (including phenoxy) is 2. The van der Waals surface area contributed by atoms with Crippen LogP contribution < -0.4 is 10.1 Å². The van der Waals surface area contributed by atoms with Gasteiger partial charge in [0.2, 0.25) is 0 Å². The third-order valence-electron chi connectivity index (χ3n) is 5.93. The highest BCUT2D eigenvalue weighted by Gasteiger charge is 2.18. The molecule has 1 aliphatic rings. The molecule has 1 N–H and O–H groups in total. The van der Waals surface area contributed by atoms with Crippen LogP contribution in [0.1, 0.15) is 0 Å². The fourth-order valence-electron chi connectivity index (χ4n) is 4.11. The fraction of sp³-hybridized carbons (Fsp3) is 0.269. The molecule has 0 aliphatic carbocycles. The van der Waals surface area contributed by atoms with Crippen molar-refractivity contribution in [2.24, 2.45) is 0 Å². The lowest BCUT2D eigenvalue weighted by Gasteiger charge is -2.26. The van der Waals surface area contributed by atoms with Crippen molar-refractivity contribution in [3.63, 3.8) is 0 Å². The van der Waals surface area contributed by atoms with Gasteiger partial charge in [0.05, 0.1) is 13.2 Å². The number of pyridine rings is 1. The Morgan fingerprint density at radius 1 is 1.06 bits per heavy atom. The van der Waals surface area contributed by atoms with Gasteiger partial charge in [-0.25, -0.2) is 18.7 Å². The molecule has 0 radical (unpaired) electrons. The Labute approximate surface area is 201 Å². The summed E-state index contributed by atoms with van der Waals surface area (Å²) in [4.78, 5) is 15.9. The lowest BCUT2D eigenvalue weighted by atomic mass is 10.0. The van der Waals surface area contributed by atoms with Gasteiger partial charge in [-0.2, -0.15) is 0 Å². The van der Waals surface area contributed by atoms with Crippen molar-refractivity contribution < 1.29 is 18.3 Å². The molecular formula is C26H25F2N5O2. The minimum absolute atomic E-state index is 0.268. The molecule has 2 aromatic heterocycles. The Kier molecular flexibility index (Phi) is 6.78. The summed E-state index contributed by atoms with van der Waals surface area (Å²) in [7, 11) is 1.76. The van der Waals surface area contributed by atoms with Gasteiger partial charge in [0.15, 0.2) is 5.82 Å². The molecule has 0 saturated carbocycles. The minimum Gasteiger partial charge on any atom is -0.490 e. The number of nitrogens with one attached hydrogen (secondary N) is 1. The van der Waals surface area contributed by atoms with E-state index >= 15 is 0 Å². The van der Waals surface area contributed by atoms with Crippen molar-refractivity contribution in [1.82, 2.24) is 19.9 Å². The molecule has 35 heavy (non-hydrogen) atoms. The summed E-state index contributed by atoms with van der Waals surface area (Å²) in [5.41, 5.74) is 2.17. The van der Waals surface area contributed by atoms with E-state index in [2.05, 4.69) is 20.2 Å². The van der Waals surface area contributed by atoms with Gasteiger partial charge in [0, 0.05) is 61.7 Å². The monoisotopic (exact) mass is 477 g/mol. The number of halogens is 2. The summed E-state index contributed by atoms with van der Waals surface area (Å²) in [5, 5.41) is 3.78. The first kappa shape index (κ1) is 23.1. The first-order valence-electron chi connectivity index (χ1n) is 11.4. The molecule has 1 fully saturated rings. The number of nitrogens with zero attached hydrogens (tertiary/aromatic N) is 4. The zero-order valence-electron chi connectivity index (χ0n) is 19.3. The van der Waals surface area contributed by atoms with Crippen LogP contribution in [0.4, 0.5) is 14.6 Å². The second kappa shape index (κ2) is 10.3. The molecule has 7 nitrogen and oxygen atoms in total. The summed E-state index contributed by atoms with van der Waals surface area (Å²) in [6, 6.07) is 10.8. The third kappa shape index (κ3) is 5.06. The van der Waals surface area contributed by atoms with Gasteiger partial charge in [-0.1, -0.05) is 0 Å². The van der Waals surface area contributed by atoms with E-state index in [0.29, 0.717) is 53.7 Å². The van der Waals surface area contributed by atoms with Crippen LogP contribution in [0.2, 0.25) is 0 Å². The van der Waals surface area contributed by atoms with E-state index in [1.165, 1.54) is 12.1 Å². The van der Waals surface area contributed by atoms with Crippen LogP contribution in [-0.2, 0) is 4.74 Å². The van der Waals surface area contributed by atoms with Gasteiger partial charge >= 0.3 is 0 Å². The van der Waals surface area contributed by atoms with Gasteiger partial charge in [0.25, 0.3) is 0 Å². The van der Waals surface area contributed by atoms with Gasteiger partial charge in [0.1, 0.15) is 35.3 Å². The molecule has 5 rings (SSSR count). The van der Waals surface area contributed by atoms with Crippen molar-refractivity contribution in [1.29, 1.82) is 0 Å². The maximum Gasteiger partial charge on any atom is 0.163 e. The van der Waals surface area contributed by atoms with Crippen molar-refractivity contribution in [2.45, 2.75) is 0 Å².